The Morgan fingerprint density at radius 3 is 1.60 bits per heavy atom. The standard InChI is InChI=1S/C11H22.C9H18/c1-10(2)9-11-7-5-3-4-6-8-11;1-2-6-9-7-4-3-5-8-9/h10-11H,3-9H2,1-2H3;9H,2-8H2,1H3. The number of hydrogen-bond acceptors (Lipinski definition) is 0. The summed E-state index contributed by atoms with van der Waals surface area (Å²) in [4.78, 5) is 0. The monoisotopic (exact) mass is 280 g/mol. The van der Waals surface area contributed by atoms with E-state index in [0.717, 1.165) is 17.8 Å². The number of rotatable bonds is 4. The third-order valence-corrected chi connectivity index (χ3v) is 5.20. The van der Waals surface area contributed by atoms with Gasteiger partial charge in [-0.25, -0.2) is 0 Å². The van der Waals surface area contributed by atoms with Crippen molar-refractivity contribution in [1.29, 1.82) is 0 Å². The molecule has 0 aliphatic heterocycles. The Kier molecular flexibility index (Phi) is 10.5. The summed E-state index contributed by atoms with van der Waals surface area (Å²) in [5.74, 6) is 3.08. The second-order valence-corrected chi connectivity index (χ2v) is 7.78. The second kappa shape index (κ2) is 11.6. The van der Waals surface area contributed by atoms with Crippen LogP contribution in [0.5, 0.6) is 0 Å². The predicted octanol–water partition coefficient (Wildman–Crippen LogP) is 7.37. The molecule has 0 unspecified atom stereocenters. The Morgan fingerprint density at radius 1 is 0.700 bits per heavy atom. The first kappa shape index (κ1) is 18.1. The van der Waals surface area contributed by atoms with Crippen molar-refractivity contribution in [2.45, 2.75) is 111 Å². The molecule has 2 saturated carbocycles. The van der Waals surface area contributed by atoms with Gasteiger partial charge < -0.3 is 0 Å². The SMILES string of the molecule is CC(C)CC1CCCCCC1.CCCC1CCCCC1. The molecule has 0 nitrogen and oxygen atoms in total. The maximum atomic E-state index is 2.35. The van der Waals surface area contributed by atoms with Crippen LogP contribution in [0.1, 0.15) is 111 Å². The zero-order valence-electron chi connectivity index (χ0n) is 14.6. The Morgan fingerprint density at radius 2 is 1.15 bits per heavy atom. The van der Waals surface area contributed by atoms with E-state index >= 15 is 0 Å². The van der Waals surface area contributed by atoms with Crippen molar-refractivity contribution in [3.8, 4) is 0 Å². The first-order valence-corrected chi connectivity index (χ1v) is 9.72. The summed E-state index contributed by atoms with van der Waals surface area (Å²) in [5.41, 5.74) is 0. The maximum absolute atomic E-state index is 2.35. The minimum absolute atomic E-state index is 0.915. The van der Waals surface area contributed by atoms with Crippen LogP contribution in [0.3, 0.4) is 0 Å². The first-order valence-electron chi connectivity index (χ1n) is 9.72. The molecule has 0 spiro atoms. The molecule has 0 bridgehead atoms. The fourth-order valence-electron chi connectivity index (χ4n) is 4.15. The zero-order valence-corrected chi connectivity index (χ0v) is 14.6. The van der Waals surface area contributed by atoms with Gasteiger partial charge in [0.25, 0.3) is 0 Å². The van der Waals surface area contributed by atoms with Crippen molar-refractivity contribution >= 4 is 0 Å². The van der Waals surface area contributed by atoms with Crippen LogP contribution < -0.4 is 0 Å². The molecule has 0 atom stereocenters. The van der Waals surface area contributed by atoms with Crippen LogP contribution in [0.25, 0.3) is 0 Å². The van der Waals surface area contributed by atoms with Gasteiger partial charge in [-0.15, -0.1) is 0 Å². The molecule has 0 aromatic heterocycles. The van der Waals surface area contributed by atoms with Gasteiger partial charge >= 0.3 is 0 Å². The average molecular weight is 281 g/mol. The van der Waals surface area contributed by atoms with E-state index in [-0.39, 0.29) is 0 Å². The molecule has 2 fully saturated rings. The van der Waals surface area contributed by atoms with Crippen molar-refractivity contribution in [1.82, 2.24) is 0 Å². The average Bonchev–Trinajstić information content (AvgIpc) is 2.69. The van der Waals surface area contributed by atoms with E-state index in [4.69, 9.17) is 0 Å². The van der Waals surface area contributed by atoms with E-state index in [2.05, 4.69) is 20.8 Å². The lowest BCUT2D eigenvalue weighted by atomic mass is 9.86. The Bertz CT molecular complexity index is 189. The van der Waals surface area contributed by atoms with Crippen molar-refractivity contribution in [3.05, 3.63) is 0 Å². The van der Waals surface area contributed by atoms with E-state index < -0.39 is 0 Å². The van der Waals surface area contributed by atoms with E-state index in [1.807, 2.05) is 0 Å². The highest BCUT2D eigenvalue weighted by Gasteiger charge is 2.13. The maximum Gasteiger partial charge on any atom is -0.0412 e. The Hall–Kier alpha value is 0. The topological polar surface area (TPSA) is 0 Å². The third-order valence-electron chi connectivity index (χ3n) is 5.20. The molecule has 0 aromatic carbocycles. The fourth-order valence-corrected chi connectivity index (χ4v) is 4.15. The fraction of sp³-hybridized carbons (Fsp3) is 1.00. The summed E-state index contributed by atoms with van der Waals surface area (Å²) >= 11 is 0. The lowest BCUT2D eigenvalue weighted by Crippen LogP contribution is -2.04. The summed E-state index contributed by atoms with van der Waals surface area (Å²) in [5, 5.41) is 0. The van der Waals surface area contributed by atoms with Crippen molar-refractivity contribution < 1.29 is 0 Å². The van der Waals surface area contributed by atoms with E-state index in [0.29, 0.717) is 0 Å². The highest BCUT2D eigenvalue weighted by molar-refractivity contribution is 4.66. The minimum atomic E-state index is 0.915. The molecule has 0 heteroatoms. The van der Waals surface area contributed by atoms with E-state index in [9.17, 15) is 0 Å². The number of hydrogen-bond donors (Lipinski definition) is 0. The largest absolute Gasteiger partial charge is 0.0654 e. The van der Waals surface area contributed by atoms with Crippen molar-refractivity contribution in [2.75, 3.05) is 0 Å². The van der Waals surface area contributed by atoms with Crippen LogP contribution in [0, 0.1) is 17.8 Å². The van der Waals surface area contributed by atoms with Gasteiger partial charge in [-0.2, -0.15) is 0 Å². The van der Waals surface area contributed by atoms with Gasteiger partial charge in [0.05, 0.1) is 0 Å². The molecule has 0 heterocycles. The highest BCUT2D eigenvalue weighted by Crippen LogP contribution is 2.28. The third kappa shape index (κ3) is 9.03. The van der Waals surface area contributed by atoms with Crippen LogP contribution in [-0.2, 0) is 0 Å². The molecule has 0 amide bonds. The quantitative estimate of drug-likeness (QED) is 0.471. The minimum Gasteiger partial charge on any atom is -0.0654 e. The molecule has 0 radical (unpaired) electrons. The van der Waals surface area contributed by atoms with Gasteiger partial charge in [-0.05, 0) is 24.2 Å². The molecule has 120 valence electrons. The van der Waals surface area contributed by atoms with Gasteiger partial charge in [0.15, 0.2) is 0 Å². The molecule has 2 aliphatic carbocycles. The lowest BCUT2D eigenvalue weighted by molar-refractivity contribution is 0.336. The predicted molar refractivity (Wildman–Crippen MR) is 92.1 cm³/mol. The summed E-state index contributed by atoms with van der Waals surface area (Å²) in [7, 11) is 0. The van der Waals surface area contributed by atoms with Crippen LogP contribution in [0.2, 0.25) is 0 Å². The van der Waals surface area contributed by atoms with Crippen LogP contribution in [0.4, 0.5) is 0 Å². The molecule has 0 N–H and O–H groups in total. The normalized spacial score (nSPS) is 22.2. The molecule has 2 rings (SSSR count). The molecular weight excluding hydrogens is 240 g/mol. The van der Waals surface area contributed by atoms with Crippen LogP contribution in [-0.4, -0.2) is 0 Å². The summed E-state index contributed by atoms with van der Waals surface area (Å²) in [6.07, 6.45) is 20.9. The molecule has 0 saturated heterocycles. The zero-order chi connectivity index (χ0) is 14.6. The summed E-state index contributed by atoms with van der Waals surface area (Å²) < 4.78 is 0. The smallest absolute Gasteiger partial charge is 0.0412 e. The van der Waals surface area contributed by atoms with E-state index in [1.54, 1.807) is 0 Å². The Labute approximate surface area is 129 Å². The van der Waals surface area contributed by atoms with Gasteiger partial charge in [0, 0.05) is 0 Å². The lowest BCUT2D eigenvalue weighted by Gasteiger charge is -2.20. The summed E-state index contributed by atoms with van der Waals surface area (Å²) in [6.45, 7) is 7.00. The first-order chi connectivity index (χ1) is 9.72. The van der Waals surface area contributed by atoms with Gasteiger partial charge in [0.2, 0.25) is 0 Å². The summed E-state index contributed by atoms with van der Waals surface area (Å²) in [6, 6.07) is 0. The Balaban J connectivity index is 0.000000204. The molecule has 0 aromatic rings. The molecule has 20 heavy (non-hydrogen) atoms. The second-order valence-electron chi connectivity index (χ2n) is 7.78. The highest BCUT2D eigenvalue weighted by atomic mass is 14.2. The van der Waals surface area contributed by atoms with Crippen molar-refractivity contribution in [2.24, 2.45) is 17.8 Å². The van der Waals surface area contributed by atoms with Gasteiger partial charge in [-0.1, -0.05) is 104 Å². The van der Waals surface area contributed by atoms with Gasteiger partial charge in [-0.3, -0.25) is 0 Å². The van der Waals surface area contributed by atoms with Crippen LogP contribution >= 0.6 is 0 Å². The van der Waals surface area contributed by atoms with Gasteiger partial charge in [0.1, 0.15) is 0 Å². The van der Waals surface area contributed by atoms with Crippen molar-refractivity contribution in [3.63, 3.8) is 0 Å². The van der Waals surface area contributed by atoms with E-state index in [1.165, 1.54) is 89.9 Å². The molecular formula is C20H40. The van der Waals surface area contributed by atoms with Crippen LogP contribution in [0.15, 0.2) is 0 Å². The molecule has 2 aliphatic rings.